The van der Waals surface area contributed by atoms with Crippen LogP contribution in [0, 0.1) is 0 Å². The Hall–Kier alpha value is -4.91. The van der Waals surface area contributed by atoms with Crippen molar-refractivity contribution in [3.05, 3.63) is 49.3 Å². The first-order valence-corrected chi connectivity index (χ1v) is 17.0. The first-order valence-electron chi connectivity index (χ1n) is 17.0. The van der Waals surface area contributed by atoms with Gasteiger partial charge in [-0.2, -0.15) is 0 Å². The Morgan fingerprint density at radius 1 is 0.804 bits per heavy atom. The Morgan fingerprint density at radius 2 is 1.41 bits per heavy atom. The quantitative estimate of drug-likeness (QED) is 0.0775. The zero-order chi connectivity index (χ0) is 36.5. The summed E-state index contributed by atoms with van der Waals surface area (Å²) in [5.41, 5.74) is 1.80. The molecule has 0 spiro atoms. The van der Waals surface area contributed by atoms with Crippen molar-refractivity contribution in [2.75, 3.05) is 65.0 Å². The van der Waals surface area contributed by atoms with Crippen LogP contribution in [0.1, 0.15) is 51.2 Å². The maximum absolute atomic E-state index is 14.4. The van der Waals surface area contributed by atoms with Gasteiger partial charge in [0, 0.05) is 56.8 Å². The van der Waals surface area contributed by atoms with E-state index in [1.54, 1.807) is 0 Å². The Bertz CT molecular complexity index is 2390. The molecule has 268 valence electrons. The molecular formula is C39H42N2O10. The van der Waals surface area contributed by atoms with Crippen molar-refractivity contribution < 1.29 is 38.7 Å². The lowest BCUT2D eigenvalue weighted by Gasteiger charge is -2.44. The van der Waals surface area contributed by atoms with Crippen molar-refractivity contribution >= 4 is 66.3 Å². The maximum Gasteiger partial charge on any atom is 0.194 e. The van der Waals surface area contributed by atoms with Crippen LogP contribution in [-0.2, 0) is 14.3 Å². The third-order valence-electron chi connectivity index (χ3n) is 10.5. The van der Waals surface area contributed by atoms with Crippen molar-refractivity contribution in [1.82, 2.24) is 0 Å². The lowest BCUT2D eigenvalue weighted by Crippen LogP contribution is -2.52. The first kappa shape index (κ1) is 34.5. The first-order chi connectivity index (χ1) is 24.4. The molecule has 0 aromatic heterocycles. The average Bonchev–Trinajstić information content (AvgIpc) is 3.22. The largest absolute Gasteiger partial charge is 0.504 e. The number of hydrogen-bond acceptors (Lipinski definition) is 12. The van der Waals surface area contributed by atoms with Crippen LogP contribution >= 0.6 is 0 Å². The van der Waals surface area contributed by atoms with Gasteiger partial charge in [-0.1, -0.05) is 11.6 Å². The molecule has 2 aliphatic rings. The van der Waals surface area contributed by atoms with E-state index in [0.717, 1.165) is 5.56 Å². The molecule has 1 heterocycles. The number of ketones is 1. The Kier molecular flexibility index (Phi) is 8.60. The summed E-state index contributed by atoms with van der Waals surface area (Å²) < 4.78 is 28.8. The summed E-state index contributed by atoms with van der Waals surface area (Å²) in [6.45, 7) is 8.86. The van der Waals surface area contributed by atoms with Crippen LogP contribution in [0.3, 0.4) is 0 Å². The van der Waals surface area contributed by atoms with E-state index in [1.807, 2.05) is 13.0 Å². The topological polar surface area (TPSA) is 162 Å². The van der Waals surface area contributed by atoms with Gasteiger partial charge in [0.1, 0.15) is 17.3 Å². The van der Waals surface area contributed by atoms with E-state index >= 15 is 0 Å². The summed E-state index contributed by atoms with van der Waals surface area (Å²) in [6, 6.07) is 2.58. The number of phenols is 1. The lowest BCUT2D eigenvalue weighted by molar-refractivity contribution is -0.117. The Morgan fingerprint density at radius 3 is 2.00 bits per heavy atom. The second-order valence-corrected chi connectivity index (χ2v) is 13.8. The summed E-state index contributed by atoms with van der Waals surface area (Å²) in [5, 5.41) is 31.8. The van der Waals surface area contributed by atoms with Crippen molar-refractivity contribution in [2.45, 2.75) is 51.6 Å². The highest BCUT2D eigenvalue weighted by Crippen LogP contribution is 2.59. The van der Waals surface area contributed by atoms with Gasteiger partial charge in [0.05, 0.1) is 87.4 Å². The minimum Gasteiger partial charge on any atom is -0.504 e. The van der Waals surface area contributed by atoms with Gasteiger partial charge in [-0.15, -0.1) is 0 Å². The highest BCUT2D eigenvalue weighted by molar-refractivity contribution is 6.41. The van der Waals surface area contributed by atoms with Crippen molar-refractivity contribution in [3.63, 3.8) is 0 Å². The number of benzene rings is 5. The average molecular weight is 699 g/mol. The maximum atomic E-state index is 14.4. The SMILES string of the molecule is COc1c(O)c2c(=O)cc(OC)c3c4c(OC)cc(=O)c5c6c(c7c(c(c1C(C(C)=O)C(C)=C7)c23)c54)NC(C)(C)C(CCOCCOCCO)N6. The van der Waals surface area contributed by atoms with E-state index in [9.17, 15) is 19.5 Å². The molecule has 1 aliphatic carbocycles. The third-order valence-corrected chi connectivity index (χ3v) is 10.5. The fraction of sp³-hybridized carbons (Fsp3) is 0.410. The molecule has 5 aromatic rings. The van der Waals surface area contributed by atoms with E-state index in [1.165, 1.54) is 40.4 Å². The number of aromatic hydroxyl groups is 1. The molecule has 0 radical (unpaired) electrons. The normalized spacial score (nSPS) is 17.8. The minimum absolute atomic E-state index is 0.0206. The predicted molar refractivity (Wildman–Crippen MR) is 198 cm³/mol. The molecule has 0 bridgehead atoms. The molecule has 2 atom stereocenters. The molecule has 1 aliphatic heterocycles. The summed E-state index contributed by atoms with van der Waals surface area (Å²) in [4.78, 5) is 41.9. The van der Waals surface area contributed by atoms with Crippen LogP contribution in [0.5, 0.6) is 23.0 Å². The van der Waals surface area contributed by atoms with Crippen LogP contribution in [0.2, 0.25) is 0 Å². The van der Waals surface area contributed by atoms with Crippen LogP contribution in [0.25, 0.3) is 49.2 Å². The third kappa shape index (κ3) is 5.02. The number of phenolic OH excluding ortho intramolecular Hbond substituents is 1. The number of fused-ring (bicyclic) bond motifs is 4. The summed E-state index contributed by atoms with van der Waals surface area (Å²) >= 11 is 0. The van der Waals surface area contributed by atoms with Crippen LogP contribution in [0.15, 0.2) is 27.3 Å². The molecular weight excluding hydrogens is 656 g/mol. The standard InChI is InChI=1S/C39H42N2O10/c1-17-14-19-26-31-27(36-35(19)41-39(3,4)24(40-36)8-10-50-12-13-51-11-9-42)20(44)15-22(47-5)29(31)30-23(48-6)16-21(45)28-33(30)32(26)34(25(17)18(2)43)38(49-7)37(28)46/h14-16,24-25,40-42,46H,8-13H2,1-7H3. The molecule has 0 amide bonds. The Labute approximate surface area is 293 Å². The van der Waals surface area contributed by atoms with Gasteiger partial charge in [0.15, 0.2) is 22.4 Å². The van der Waals surface area contributed by atoms with Crippen molar-refractivity contribution in [1.29, 1.82) is 0 Å². The number of anilines is 2. The monoisotopic (exact) mass is 698 g/mol. The number of aliphatic hydroxyl groups is 1. The van der Waals surface area contributed by atoms with E-state index in [0.29, 0.717) is 86.5 Å². The number of rotatable bonds is 12. The molecule has 0 saturated carbocycles. The number of carbonyl (C=O) groups is 1. The highest BCUT2D eigenvalue weighted by Gasteiger charge is 2.41. The van der Waals surface area contributed by atoms with Crippen LogP contribution < -0.4 is 35.7 Å². The number of carbonyl (C=O) groups excluding carboxylic acids is 1. The summed E-state index contributed by atoms with van der Waals surface area (Å²) in [7, 11) is 4.34. The molecule has 0 fully saturated rings. The van der Waals surface area contributed by atoms with Gasteiger partial charge in [-0.05, 0) is 39.5 Å². The number of hydrogen-bond donors (Lipinski definition) is 4. The molecule has 51 heavy (non-hydrogen) atoms. The zero-order valence-corrected chi connectivity index (χ0v) is 29.8. The second kappa shape index (κ2) is 12.7. The van der Waals surface area contributed by atoms with E-state index in [2.05, 4.69) is 24.5 Å². The van der Waals surface area contributed by atoms with Crippen molar-refractivity contribution in [3.8, 4) is 23.0 Å². The molecule has 4 N–H and O–H groups in total. The second-order valence-electron chi connectivity index (χ2n) is 13.8. The van der Waals surface area contributed by atoms with Gasteiger partial charge >= 0.3 is 0 Å². The van der Waals surface area contributed by atoms with Gasteiger partial charge < -0.3 is 44.5 Å². The van der Waals surface area contributed by atoms with Crippen LogP contribution in [-0.4, -0.2) is 81.9 Å². The van der Waals surface area contributed by atoms with Gasteiger partial charge in [-0.25, -0.2) is 0 Å². The predicted octanol–water partition coefficient (Wildman–Crippen LogP) is 5.12. The number of Topliss-reactive ketones (excluding diaryl/α,β-unsaturated/α-hetero) is 1. The van der Waals surface area contributed by atoms with Crippen molar-refractivity contribution in [2.24, 2.45) is 0 Å². The molecule has 0 saturated heterocycles. The fourth-order valence-corrected chi connectivity index (χ4v) is 8.35. The van der Waals surface area contributed by atoms with Gasteiger partial charge in [-0.3, -0.25) is 14.4 Å². The van der Waals surface area contributed by atoms with E-state index < -0.39 is 16.9 Å². The number of ether oxygens (including phenoxy) is 5. The molecule has 12 nitrogen and oxygen atoms in total. The summed E-state index contributed by atoms with van der Waals surface area (Å²) in [6.07, 6.45) is 2.55. The number of aliphatic hydroxyl groups excluding tert-OH is 1. The van der Waals surface area contributed by atoms with E-state index in [4.69, 9.17) is 28.8 Å². The number of methoxy groups -OCH3 is 3. The van der Waals surface area contributed by atoms with Gasteiger partial charge in [0.2, 0.25) is 0 Å². The molecule has 12 heteroatoms. The van der Waals surface area contributed by atoms with Crippen LogP contribution in [0.4, 0.5) is 11.4 Å². The smallest absolute Gasteiger partial charge is 0.194 e. The van der Waals surface area contributed by atoms with Gasteiger partial charge in [0.25, 0.3) is 0 Å². The number of allylic oxidation sites excluding steroid dienone is 1. The fourth-order valence-electron chi connectivity index (χ4n) is 8.35. The lowest BCUT2D eigenvalue weighted by atomic mass is 9.79. The molecule has 5 aromatic carbocycles. The highest BCUT2D eigenvalue weighted by atomic mass is 16.5. The molecule has 2 unspecified atom stereocenters. The zero-order valence-electron chi connectivity index (χ0n) is 29.8. The summed E-state index contributed by atoms with van der Waals surface area (Å²) in [5.74, 6) is -0.852. The number of nitrogens with one attached hydrogen (secondary N) is 2. The van der Waals surface area contributed by atoms with E-state index in [-0.39, 0.29) is 58.9 Å². The Balaban J connectivity index is 1.64. The minimum atomic E-state index is -0.841. The molecule has 7 rings (SSSR count).